The van der Waals surface area contributed by atoms with Crippen molar-refractivity contribution in [3.05, 3.63) is 22.2 Å². The maximum atomic E-state index is 8.72. The molecule has 0 bridgehead atoms. The number of methoxy groups -OCH3 is 1. The summed E-state index contributed by atoms with van der Waals surface area (Å²) >= 11 is 3.25. The van der Waals surface area contributed by atoms with E-state index < -0.39 is 0 Å². The Balaban J connectivity index is 3.41. The normalized spacial score (nSPS) is 9.08. The third kappa shape index (κ3) is 1.36. The lowest BCUT2D eigenvalue weighted by Crippen LogP contribution is -1.95. The molecular formula is C8H7BrN2O. The number of benzene rings is 1. The van der Waals surface area contributed by atoms with Crippen LogP contribution in [-0.4, -0.2) is 7.11 Å². The smallest absolute Gasteiger partial charge is 0.152 e. The molecule has 1 aromatic carbocycles. The van der Waals surface area contributed by atoms with E-state index in [0.29, 0.717) is 17.0 Å². The van der Waals surface area contributed by atoms with Crippen molar-refractivity contribution in [2.75, 3.05) is 12.8 Å². The molecule has 0 aliphatic heterocycles. The van der Waals surface area contributed by atoms with Crippen molar-refractivity contribution < 1.29 is 4.74 Å². The molecule has 0 spiro atoms. The number of rotatable bonds is 1. The monoisotopic (exact) mass is 226 g/mol. The van der Waals surface area contributed by atoms with Crippen molar-refractivity contribution in [3.63, 3.8) is 0 Å². The molecule has 3 nitrogen and oxygen atoms in total. The lowest BCUT2D eigenvalue weighted by Gasteiger charge is -2.06. The van der Waals surface area contributed by atoms with Crippen LogP contribution < -0.4 is 10.5 Å². The molecule has 0 aliphatic carbocycles. The molecule has 12 heavy (non-hydrogen) atoms. The van der Waals surface area contributed by atoms with Gasteiger partial charge < -0.3 is 10.5 Å². The molecule has 2 N–H and O–H groups in total. The van der Waals surface area contributed by atoms with E-state index >= 15 is 0 Å². The molecule has 0 amide bonds. The number of ether oxygens (including phenoxy) is 1. The predicted octanol–water partition coefficient (Wildman–Crippen LogP) is 1.91. The van der Waals surface area contributed by atoms with Crippen LogP contribution in [0.4, 0.5) is 5.69 Å². The van der Waals surface area contributed by atoms with Gasteiger partial charge in [-0.15, -0.1) is 0 Å². The van der Waals surface area contributed by atoms with Gasteiger partial charge in [-0.05, 0) is 28.1 Å². The second kappa shape index (κ2) is 3.46. The van der Waals surface area contributed by atoms with Gasteiger partial charge in [0.05, 0.1) is 17.3 Å². The summed E-state index contributed by atoms with van der Waals surface area (Å²) in [5.74, 6) is 0.484. The van der Waals surface area contributed by atoms with Crippen LogP contribution in [-0.2, 0) is 0 Å². The van der Waals surface area contributed by atoms with Crippen molar-refractivity contribution in [2.24, 2.45) is 0 Å². The van der Waals surface area contributed by atoms with Crippen LogP contribution in [0, 0.1) is 11.3 Å². The summed E-state index contributed by atoms with van der Waals surface area (Å²) in [7, 11) is 1.50. The second-order valence-corrected chi connectivity index (χ2v) is 3.01. The van der Waals surface area contributed by atoms with Gasteiger partial charge in [0.25, 0.3) is 0 Å². The number of halogens is 1. The Morgan fingerprint density at radius 3 is 2.67 bits per heavy atom. The van der Waals surface area contributed by atoms with Crippen molar-refractivity contribution >= 4 is 21.6 Å². The fourth-order valence-corrected chi connectivity index (χ4v) is 1.38. The van der Waals surface area contributed by atoms with Crippen LogP contribution in [0.5, 0.6) is 5.75 Å². The predicted molar refractivity (Wildman–Crippen MR) is 49.8 cm³/mol. The van der Waals surface area contributed by atoms with E-state index in [1.54, 1.807) is 12.1 Å². The van der Waals surface area contributed by atoms with Gasteiger partial charge in [0.2, 0.25) is 0 Å². The summed E-state index contributed by atoms with van der Waals surface area (Å²) in [5, 5.41) is 8.72. The standard InChI is InChI=1S/C8H7BrN2O/c1-12-8-5(4-10)7(11)3-2-6(8)9/h2-3H,11H2,1H3. The van der Waals surface area contributed by atoms with Gasteiger partial charge >= 0.3 is 0 Å². The summed E-state index contributed by atoms with van der Waals surface area (Å²) in [5.41, 5.74) is 6.35. The Kier molecular flexibility index (Phi) is 2.56. The Labute approximate surface area is 78.9 Å². The minimum atomic E-state index is 0.367. The largest absolute Gasteiger partial charge is 0.494 e. The molecule has 0 aromatic heterocycles. The maximum absolute atomic E-state index is 8.72. The van der Waals surface area contributed by atoms with Gasteiger partial charge in [0.15, 0.2) is 5.75 Å². The molecule has 0 unspecified atom stereocenters. The lowest BCUT2D eigenvalue weighted by atomic mass is 10.2. The van der Waals surface area contributed by atoms with E-state index in [1.165, 1.54) is 7.11 Å². The fraction of sp³-hybridized carbons (Fsp3) is 0.125. The van der Waals surface area contributed by atoms with Gasteiger partial charge in [0, 0.05) is 0 Å². The molecule has 4 heteroatoms. The Morgan fingerprint density at radius 2 is 2.25 bits per heavy atom. The summed E-state index contributed by atoms with van der Waals surface area (Å²) < 4.78 is 5.73. The number of nitrogens with two attached hydrogens (primary N) is 1. The number of hydrogen-bond donors (Lipinski definition) is 1. The van der Waals surface area contributed by atoms with Crippen molar-refractivity contribution in [1.29, 1.82) is 5.26 Å². The number of nitrogens with zero attached hydrogens (tertiary/aromatic N) is 1. The zero-order valence-corrected chi connectivity index (χ0v) is 8.05. The topological polar surface area (TPSA) is 59.0 Å². The quantitative estimate of drug-likeness (QED) is 0.745. The van der Waals surface area contributed by atoms with E-state index in [2.05, 4.69) is 15.9 Å². The summed E-state index contributed by atoms with van der Waals surface area (Å²) in [4.78, 5) is 0. The SMILES string of the molecule is COc1c(Br)ccc(N)c1C#N. The van der Waals surface area contributed by atoms with Gasteiger partial charge in [-0.25, -0.2) is 0 Å². The molecular weight excluding hydrogens is 220 g/mol. The summed E-state index contributed by atoms with van der Waals surface area (Å²) in [6.45, 7) is 0. The molecule has 62 valence electrons. The molecule has 1 aromatic rings. The molecule has 0 fully saturated rings. The Hall–Kier alpha value is -1.21. The van der Waals surface area contributed by atoms with Crippen LogP contribution in [0.1, 0.15) is 5.56 Å². The van der Waals surface area contributed by atoms with Crippen molar-refractivity contribution in [1.82, 2.24) is 0 Å². The zero-order chi connectivity index (χ0) is 9.14. The number of anilines is 1. The molecule has 0 saturated heterocycles. The molecule has 1 rings (SSSR count). The van der Waals surface area contributed by atoms with Crippen LogP contribution in [0.25, 0.3) is 0 Å². The number of hydrogen-bond acceptors (Lipinski definition) is 3. The van der Waals surface area contributed by atoms with Crippen LogP contribution in [0.2, 0.25) is 0 Å². The number of nitriles is 1. The van der Waals surface area contributed by atoms with E-state index in [9.17, 15) is 0 Å². The van der Waals surface area contributed by atoms with Gasteiger partial charge in [-0.2, -0.15) is 5.26 Å². The highest BCUT2D eigenvalue weighted by Crippen LogP contribution is 2.31. The first-order chi connectivity index (χ1) is 5.70. The molecule has 0 saturated carbocycles. The Morgan fingerprint density at radius 1 is 1.58 bits per heavy atom. The molecule has 0 radical (unpaired) electrons. The zero-order valence-electron chi connectivity index (χ0n) is 6.47. The third-order valence-electron chi connectivity index (χ3n) is 1.46. The van der Waals surface area contributed by atoms with Gasteiger partial charge in [-0.3, -0.25) is 0 Å². The minimum Gasteiger partial charge on any atom is -0.494 e. The maximum Gasteiger partial charge on any atom is 0.152 e. The van der Waals surface area contributed by atoms with E-state index in [1.807, 2.05) is 6.07 Å². The van der Waals surface area contributed by atoms with Gasteiger partial charge in [-0.1, -0.05) is 0 Å². The summed E-state index contributed by atoms with van der Waals surface area (Å²) in [6, 6.07) is 5.38. The Bertz CT molecular complexity index is 344. The first-order valence-corrected chi connectivity index (χ1v) is 4.02. The van der Waals surface area contributed by atoms with Crippen LogP contribution >= 0.6 is 15.9 Å². The average Bonchev–Trinajstić information content (AvgIpc) is 2.08. The van der Waals surface area contributed by atoms with Gasteiger partial charge in [0.1, 0.15) is 11.6 Å². The lowest BCUT2D eigenvalue weighted by molar-refractivity contribution is 0.411. The first kappa shape index (κ1) is 8.88. The second-order valence-electron chi connectivity index (χ2n) is 2.16. The summed E-state index contributed by atoms with van der Waals surface area (Å²) in [6.07, 6.45) is 0. The third-order valence-corrected chi connectivity index (χ3v) is 2.08. The van der Waals surface area contributed by atoms with Crippen LogP contribution in [0.3, 0.4) is 0 Å². The van der Waals surface area contributed by atoms with E-state index in [0.717, 1.165) is 4.47 Å². The molecule has 0 heterocycles. The molecule has 0 atom stereocenters. The fourth-order valence-electron chi connectivity index (χ4n) is 0.887. The van der Waals surface area contributed by atoms with Crippen molar-refractivity contribution in [2.45, 2.75) is 0 Å². The highest BCUT2D eigenvalue weighted by molar-refractivity contribution is 9.10. The van der Waals surface area contributed by atoms with E-state index in [4.69, 9.17) is 15.7 Å². The van der Waals surface area contributed by atoms with E-state index in [-0.39, 0.29) is 0 Å². The number of nitrogen functional groups attached to an aromatic ring is 1. The average molecular weight is 227 g/mol. The first-order valence-electron chi connectivity index (χ1n) is 3.22. The highest BCUT2D eigenvalue weighted by atomic mass is 79.9. The minimum absolute atomic E-state index is 0.367. The van der Waals surface area contributed by atoms with Crippen LogP contribution in [0.15, 0.2) is 16.6 Å². The molecule has 0 aliphatic rings. The highest BCUT2D eigenvalue weighted by Gasteiger charge is 2.09. The van der Waals surface area contributed by atoms with Crippen molar-refractivity contribution in [3.8, 4) is 11.8 Å².